The maximum atomic E-state index is 13.0. The van der Waals surface area contributed by atoms with Gasteiger partial charge in [-0.1, -0.05) is 13.8 Å². The normalized spacial score (nSPS) is 12.1. The summed E-state index contributed by atoms with van der Waals surface area (Å²) in [6.07, 6.45) is 0. The molecule has 0 saturated heterocycles. The largest absolute Gasteiger partial charge is 0.507 e. The van der Waals surface area contributed by atoms with Gasteiger partial charge in [0.15, 0.2) is 0 Å². The van der Waals surface area contributed by atoms with Crippen molar-refractivity contribution in [1.29, 1.82) is 0 Å². The number of aromatic hydroxyl groups is 1. The number of hydrogen-bond acceptors (Lipinski definition) is 8. The molecule has 0 heterocycles. The van der Waals surface area contributed by atoms with Crippen molar-refractivity contribution in [3.05, 3.63) is 52.1 Å². The molecule has 2 aromatic rings. The van der Waals surface area contributed by atoms with Crippen molar-refractivity contribution in [3.8, 4) is 11.5 Å². The second-order valence-corrected chi connectivity index (χ2v) is 8.13. The molecule has 0 aliphatic carbocycles. The molecule has 30 heavy (non-hydrogen) atoms. The quantitative estimate of drug-likeness (QED) is 0.350. The molecule has 0 radical (unpaired) electrons. The van der Waals surface area contributed by atoms with Crippen LogP contribution < -0.4 is 10.2 Å². The van der Waals surface area contributed by atoms with Gasteiger partial charge in [-0.2, -0.15) is 9.41 Å². The Morgan fingerprint density at radius 2 is 1.90 bits per heavy atom. The molecular weight excluding hydrogens is 412 g/mol. The summed E-state index contributed by atoms with van der Waals surface area (Å²) >= 11 is 0. The zero-order chi connectivity index (χ0) is 22.5. The molecule has 162 valence electrons. The number of hydrogen-bond donors (Lipinski definition) is 2. The Balaban J connectivity index is 2.49. The molecule has 0 amide bonds. The minimum Gasteiger partial charge on any atom is -0.507 e. The Kier molecular flexibility index (Phi) is 7.35. The van der Waals surface area contributed by atoms with Crippen LogP contribution in [0.5, 0.6) is 11.5 Å². The van der Waals surface area contributed by atoms with Crippen LogP contribution in [0.1, 0.15) is 26.3 Å². The maximum absolute atomic E-state index is 13.0. The average Bonchev–Trinajstić information content (AvgIpc) is 2.72. The number of phenols is 1. The van der Waals surface area contributed by atoms with Gasteiger partial charge in [-0.05, 0) is 25.1 Å². The molecule has 2 rings (SSSR count). The lowest BCUT2D eigenvalue weighted by molar-refractivity contribution is -0.385. The van der Waals surface area contributed by atoms with Crippen LogP contribution in [0.4, 0.5) is 11.4 Å². The molecule has 0 unspecified atom stereocenters. The number of nitro groups is 1. The van der Waals surface area contributed by atoms with Gasteiger partial charge in [-0.25, -0.2) is 8.42 Å². The summed E-state index contributed by atoms with van der Waals surface area (Å²) in [5, 5.41) is 25.4. The van der Waals surface area contributed by atoms with Gasteiger partial charge in [0.2, 0.25) is 10.0 Å². The summed E-state index contributed by atoms with van der Waals surface area (Å²) in [6.45, 7) is 5.41. The molecule has 0 saturated carbocycles. The van der Waals surface area contributed by atoms with Crippen molar-refractivity contribution < 1.29 is 23.2 Å². The second kappa shape index (κ2) is 9.55. The number of anilines is 1. The van der Waals surface area contributed by atoms with Crippen LogP contribution >= 0.6 is 0 Å². The smallest absolute Gasteiger partial charge is 0.270 e. The minimum absolute atomic E-state index is 0.0583. The molecule has 11 heteroatoms. The highest BCUT2D eigenvalue weighted by Gasteiger charge is 2.27. The van der Waals surface area contributed by atoms with E-state index in [-0.39, 0.29) is 35.1 Å². The fourth-order valence-electron chi connectivity index (χ4n) is 2.78. The highest BCUT2D eigenvalue weighted by Crippen LogP contribution is 2.30. The van der Waals surface area contributed by atoms with Gasteiger partial charge >= 0.3 is 0 Å². The van der Waals surface area contributed by atoms with Crippen LogP contribution in [-0.2, 0) is 10.0 Å². The van der Waals surface area contributed by atoms with E-state index in [9.17, 15) is 23.6 Å². The van der Waals surface area contributed by atoms with Crippen molar-refractivity contribution in [1.82, 2.24) is 4.31 Å². The molecule has 0 aliphatic heterocycles. The Bertz CT molecular complexity index is 1060. The highest BCUT2D eigenvalue weighted by atomic mass is 32.2. The Morgan fingerprint density at radius 3 is 2.43 bits per heavy atom. The third kappa shape index (κ3) is 4.86. The zero-order valence-corrected chi connectivity index (χ0v) is 17.9. The number of nitro benzene ring substituents is 1. The number of methoxy groups -OCH3 is 1. The number of phenolic OH excluding ortho intramolecular Hbond substituents is 1. The molecular formula is C19H24N4O6S. The van der Waals surface area contributed by atoms with Gasteiger partial charge in [0.25, 0.3) is 5.69 Å². The third-order valence-corrected chi connectivity index (χ3v) is 6.53. The van der Waals surface area contributed by atoms with E-state index in [1.807, 2.05) is 0 Å². The van der Waals surface area contributed by atoms with Crippen molar-refractivity contribution >= 4 is 27.1 Å². The number of nitrogens with one attached hydrogen (secondary N) is 1. The van der Waals surface area contributed by atoms with E-state index in [1.165, 1.54) is 29.6 Å². The van der Waals surface area contributed by atoms with Crippen molar-refractivity contribution in [3.63, 3.8) is 0 Å². The lowest BCUT2D eigenvalue weighted by atomic mass is 10.1. The summed E-state index contributed by atoms with van der Waals surface area (Å²) in [5.74, 6) is 0.414. The summed E-state index contributed by atoms with van der Waals surface area (Å²) in [7, 11) is -2.51. The predicted octanol–water partition coefficient (Wildman–Crippen LogP) is 3.18. The highest BCUT2D eigenvalue weighted by molar-refractivity contribution is 7.89. The van der Waals surface area contributed by atoms with Gasteiger partial charge < -0.3 is 9.84 Å². The molecule has 0 bridgehead atoms. The number of sulfonamides is 1. The summed E-state index contributed by atoms with van der Waals surface area (Å²) < 4.78 is 32.2. The molecule has 0 spiro atoms. The lowest BCUT2D eigenvalue weighted by Gasteiger charge is -2.20. The van der Waals surface area contributed by atoms with Crippen LogP contribution in [0.3, 0.4) is 0 Å². The molecule has 2 aromatic carbocycles. The molecule has 0 aliphatic rings. The van der Waals surface area contributed by atoms with Crippen LogP contribution in [0, 0.1) is 10.1 Å². The van der Waals surface area contributed by atoms with Crippen LogP contribution in [0.2, 0.25) is 0 Å². The van der Waals surface area contributed by atoms with E-state index < -0.39 is 14.9 Å². The number of non-ortho nitro benzene ring substituents is 1. The van der Waals surface area contributed by atoms with E-state index in [0.717, 1.165) is 6.07 Å². The van der Waals surface area contributed by atoms with Gasteiger partial charge in [-0.3, -0.25) is 15.5 Å². The fourth-order valence-corrected chi connectivity index (χ4v) is 4.40. The fraction of sp³-hybridized carbons (Fsp3) is 0.316. The third-order valence-electron chi connectivity index (χ3n) is 4.44. The summed E-state index contributed by atoms with van der Waals surface area (Å²) in [5.41, 5.74) is 3.19. The first-order valence-corrected chi connectivity index (χ1v) is 10.6. The monoisotopic (exact) mass is 436 g/mol. The number of rotatable bonds is 9. The molecule has 0 aromatic heterocycles. The van der Waals surface area contributed by atoms with Crippen molar-refractivity contribution in [2.24, 2.45) is 5.10 Å². The van der Waals surface area contributed by atoms with E-state index in [2.05, 4.69) is 10.5 Å². The van der Waals surface area contributed by atoms with Crippen molar-refractivity contribution in [2.45, 2.75) is 25.7 Å². The Hall–Kier alpha value is -3.18. The summed E-state index contributed by atoms with van der Waals surface area (Å²) in [6, 6.07) is 8.18. The SMILES string of the molecule is CCN(CC)S(=O)(=O)c1cc([N+](=O)[O-])ccc1NN=C(C)c1ccc(OC)cc1O. The Morgan fingerprint density at radius 1 is 1.23 bits per heavy atom. The average molecular weight is 436 g/mol. The zero-order valence-electron chi connectivity index (χ0n) is 17.1. The number of benzene rings is 2. The van der Waals surface area contributed by atoms with Gasteiger partial charge in [-0.15, -0.1) is 0 Å². The molecule has 2 N–H and O–H groups in total. The Labute approximate surface area is 175 Å². The van der Waals surface area contributed by atoms with E-state index >= 15 is 0 Å². The predicted molar refractivity (Wildman–Crippen MR) is 114 cm³/mol. The first-order chi connectivity index (χ1) is 14.1. The summed E-state index contributed by atoms with van der Waals surface area (Å²) in [4.78, 5) is 10.2. The minimum atomic E-state index is -3.99. The van der Waals surface area contributed by atoms with Gasteiger partial charge in [0, 0.05) is 36.9 Å². The van der Waals surface area contributed by atoms with Gasteiger partial charge in [0.1, 0.15) is 16.4 Å². The van der Waals surface area contributed by atoms with Crippen LogP contribution in [-0.4, -0.2) is 48.7 Å². The van der Waals surface area contributed by atoms with E-state index in [1.54, 1.807) is 32.9 Å². The van der Waals surface area contributed by atoms with E-state index in [4.69, 9.17) is 4.74 Å². The molecule has 0 atom stereocenters. The molecule has 0 fully saturated rings. The first-order valence-electron chi connectivity index (χ1n) is 9.11. The number of hydrazone groups is 1. The maximum Gasteiger partial charge on any atom is 0.270 e. The van der Waals surface area contributed by atoms with E-state index in [0.29, 0.717) is 17.0 Å². The number of ether oxygens (including phenoxy) is 1. The van der Waals surface area contributed by atoms with Crippen LogP contribution in [0.25, 0.3) is 0 Å². The molecule has 10 nitrogen and oxygen atoms in total. The van der Waals surface area contributed by atoms with Gasteiger partial charge in [0.05, 0.1) is 23.4 Å². The van der Waals surface area contributed by atoms with Crippen molar-refractivity contribution in [2.75, 3.05) is 25.6 Å². The second-order valence-electron chi connectivity index (χ2n) is 6.22. The number of nitrogens with zero attached hydrogens (tertiary/aromatic N) is 3. The standard InChI is InChI=1S/C19H24N4O6S/c1-5-22(6-2)30(27,28)19-11-14(23(25)26)7-10-17(19)21-20-13(3)16-9-8-15(29-4)12-18(16)24/h7-12,21,24H,5-6H2,1-4H3. The first kappa shape index (κ1) is 23.1. The lowest BCUT2D eigenvalue weighted by Crippen LogP contribution is -2.31. The van der Waals surface area contributed by atoms with Crippen LogP contribution in [0.15, 0.2) is 46.4 Å². The topological polar surface area (TPSA) is 134 Å².